The maximum Gasteiger partial charge on any atom is 0.417 e. The number of carbonyl (C=O) groups is 1. The van der Waals surface area contributed by atoms with Gasteiger partial charge in [0, 0.05) is 38.6 Å². The summed E-state index contributed by atoms with van der Waals surface area (Å²) in [4.78, 5) is 29.9. The summed E-state index contributed by atoms with van der Waals surface area (Å²) in [6, 6.07) is 5.17. The molecule has 3 heterocycles. The van der Waals surface area contributed by atoms with Gasteiger partial charge in [-0.05, 0) is 30.7 Å². The number of aromatic nitrogens is 2. The predicted molar refractivity (Wildman–Crippen MR) is 89.0 cm³/mol. The highest BCUT2D eigenvalue weighted by Gasteiger charge is 2.31. The molecule has 0 unspecified atom stereocenters. The second-order valence-electron chi connectivity index (χ2n) is 6.15. The minimum Gasteiger partial charge on any atom is -0.354 e. The zero-order chi connectivity index (χ0) is 18.9. The van der Waals surface area contributed by atoms with E-state index in [2.05, 4.69) is 10.3 Å². The van der Waals surface area contributed by atoms with Crippen LogP contribution in [0, 0.1) is 0 Å². The van der Waals surface area contributed by atoms with Crippen molar-refractivity contribution in [2.75, 3.05) is 18.0 Å². The number of nitrogens with one attached hydrogen (secondary N) is 1. The molecule has 0 spiro atoms. The number of nitrogens with zero attached hydrogens (tertiary/aromatic N) is 3. The van der Waals surface area contributed by atoms with Gasteiger partial charge in [-0.2, -0.15) is 13.2 Å². The second kappa shape index (κ2) is 6.81. The SMILES string of the molecule is Cn1cccc(C(=O)N[C@H]2CCN(c3ccc(C(F)(F)F)cn3)C2)c1=O. The summed E-state index contributed by atoms with van der Waals surface area (Å²) < 4.78 is 39.1. The Morgan fingerprint density at radius 1 is 1.31 bits per heavy atom. The summed E-state index contributed by atoms with van der Waals surface area (Å²) in [5.41, 5.74) is -1.13. The van der Waals surface area contributed by atoms with Crippen LogP contribution in [0.2, 0.25) is 0 Å². The van der Waals surface area contributed by atoms with Crippen molar-refractivity contribution in [3.8, 4) is 0 Å². The third-order valence-electron chi connectivity index (χ3n) is 4.29. The first-order valence-electron chi connectivity index (χ1n) is 8.00. The third kappa shape index (κ3) is 3.71. The fraction of sp³-hybridized carbons (Fsp3) is 0.353. The van der Waals surface area contributed by atoms with Crippen molar-refractivity contribution in [2.24, 2.45) is 7.05 Å². The molecule has 1 aliphatic heterocycles. The van der Waals surface area contributed by atoms with Gasteiger partial charge in [0.25, 0.3) is 11.5 Å². The van der Waals surface area contributed by atoms with Crippen LogP contribution >= 0.6 is 0 Å². The predicted octanol–water partition coefficient (Wildman–Crippen LogP) is 1.81. The van der Waals surface area contributed by atoms with Gasteiger partial charge in [0.15, 0.2) is 0 Å². The molecule has 1 N–H and O–H groups in total. The van der Waals surface area contributed by atoms with E-state index < -0.39 is 17.6 Å². The Morgan fingerprint density at radius 3 is 2.73 bits per heavy atom. The van der Waals surface area contributed by atoms with Crippen molar-refractivity contribution in [1.29, 1.82) is 0 Å². The monoisotopic (exact) mass is 366 g/mol. The number of halogens is 3. The number of hydrogen-bond donors (Lipinski definition) is 1. The molecule has 1 amide bonds. The first-order chi connectivity index (χ1) is 12.3. The van der Waals surface area contributed by atoms with E-state index in [-0.39, 0.29) is 17.2 Å². The number of pyridine rings is 2. The summed E-state index contributed by atoms with van der Waals surface area (Å²) in [7, 11) is 1.56. The summed E-state index contributed by atoms with van der Waals surface area (Å²) >= 11 is 0. The maximum absolute atomic E-state index is 12.6. The van der Waals surface area contributed by atoms with Crippen LogP contribution in [0.4, 0.5) is 19.0 Å². The van der Waals surface area contributed by atoms with Crippen molar-refractivity contribution in [2.45, 2.75) is 18.6 Å². The fourth-order valence-corrected chi connectivity index (χ4v) is 2.86. The van der Waals surface area contributed by atoms with E-state index in [0.29, 0.717) is 25.3 Å². The number of anilines is 1. The minimum absolute atomic E-state index is 0.0566. The molecule has 6 nitrogen and oxygen atoms in total. The Hall–Kier alpha value is -2.84. The van der Waals surface area contributed by atoms with Crippen molar-refractivity contribution in [1.82, 2.24) is 14.9 Å². The Kier molecular flexibility index (Phi) is 4.71. The minimum atomic E-state index is -4.42. The van der Waals surface area contributed by atoms with Crippen LogP contribution in [0.1, 0.15) is 22.3 Å². The smallest absolute Gasteiger partial charge is 0.354 e. The normalized spacial score (nSPS) is 17.4. The van der Waals surface area contributed by atoms with Crippen molar-refractivity contribution in [3.63, 3.8) is 0 Å². The highest BCUT2D eigenvalue weighted by molar-refractivity contribution is 5.94. The molecule has 1 aliphatic rings. The molecular weight excluding hydrogens is 349 g/mol. The van der Waals surface area contributed by atoms with Gasteiger partial charge in [0.05, 0.1) is 5.56 Å². The van der Waals surface area contributed by atoms with E-state index in [0.717, 1.165) is 12.3 Å². The summed E-state index contributed by atoms with van der Waals surface area (Å²) in [5.74, 6) is -0.0381. The second-order valence-corrected chi connectivity index (χ2v) is 6.15. The summed E-state index contributed by atoms with van der Waals surface area (Å²) in [6.07, 6.45) is -1.45. The molecule has 1 atom stereocenters. The molecular formula is C17H17F3N4O2. The molecule has 0 aliphatic carbocycles. The lowest BCUT2D eigenvalue weighted by Gasteiger charge is -2.18. The Labute approximate surface area is 147 Å². The number of alkyl halides is 3. The Morgan fingerprint density at radius 2 is 2.08 bits per heavy atom. The lowest BCUT2D eigenvalue weighted by molar-refractivity contribution is -0.137. The fourth-order valence-electron chi connectivity index (χ4n) is 2.86. The van der Waals surface area contributed by atoms with E-state index in [4.69, 9.17) is 0 Å². The lowest BCUT2D eigenvalue weighted by atomic mass is 10.2. The molecule has 0 radical (unpaired) electrons. The Bertz CT molecular complexity index is 862. The standard InChI is InChI=1S/C17H17F3N4O2/c1-23-7-2-3-13(16(23)26)15(25)22-12-6-8-24(10-12)14-5-4-11(9-21-14)17(18,19)20/h2-5,7,9,12H,6,8,10H2,1H3,(H,22,25)/t12-/m0/s1. The van der Waals surface area contributed by atoms with E-state index in [1.54, 1.807) is 24.2 Å². The van der Waals surface area contributed by atoms with Gasteiger partial charge in [0.1, 0.15) is 11.4 Å². The highest BCUT2D eigenvalue weighted by atomic mass is 19.4. The molecule has 0 bridgehead atoms. The summed E-state index contributed by atoms with van der Waals surface area (Å²) in [5, 5.41) is 2.80. The molecule has 1 saturated heterocycles. The Balaban J connectivity index is 1.64. The van der Waals surface area contributed by atoms with Gasteiger partial charge in [-0.25, -0.2) is 4.98 Å². The molecule has 138 valence electrons. The van der Waals surface area contributed by atoms with Crippen LogP contribution in [0.5, 0.6) is 0 Å². The molecule has 0 saturated carbocycles. The van der Waals surface area contributed by atoms with Crippen LogP contribution in [0.3, 0.4) is 0 Å². The number of carbonyl (C=O) groups excluding carboxylic acids is 1. The van der Waals surface area contributed by atoms with Crippen LogP contribution < -0.4 is 15.8 Å². The van der Waals surface area contributed by atoms with E-state index >= 15 is 0 Å². The number of aryl methyl sites for hydroxylation is 1. The topological polar surface area (TPSA) is 67.2 Å². The number of rotatable bonds is 3. The first kappa shape index (κ1) is 18.0. The first-order valence-corrected chi connectivity index (χ1v) is 8.00. The van der Waals surface area contributed by atoms with E-state index in [1.165, 1.54) is 16.7 Å². The molecule has 3 rings (SSSR count). The molecule has 9 heteroatoms. The third-order valence-corrected chi connectivity index (χ3v) is 4.29. The lowest BCUT2D eigenvalue weighted by Crippen LogP contribution is -2.40. The number of amides is 1. The van der Waals surface area contributed by atoms with Crippen molar-refractivity contribution < 1.29 is 18.0 Å². The van der Waals surface area contributed by atoms with Crippen LogP contribution in [0.15, 0.2) is 41.5 Å². The number of hydrogen-bond acceptors (Lipinski definition) is 4. The average molecular weight is 366 g/mol. The van der Waals surface area contributed by atoms with E-state index in [1.807, 2.05) is 0 Å². The van der Waals surface area contributed by atoms with Gasteiger partial charge in [-0.3, -0.25) is 9.59 Å². The van der Waals surface area contributed by atoms with E-state index in [9.17, 15) is 22.8 Å². The summed E-state index contributed by atoms with van der Waals surface area (Å²) in [6.45, 7) is 0.966. The quantitative estimate of drug-likeness (QED) is 0.900. The largest absolute Gasteiger partial charge is 0.417 e. The zero-order valence-corrected chi connectivity index (χ0v) is 14.0. The van der Waals surface area contributed by atoms with Crippen LogP contribution in [-0.2, 0) is 13.2 Å². The average Bonchev–Trinajstić information content (AvgIpc) is 3.05. The van der Waals surface area contributed by atoms with Gasteiger partial charge >= 0.3 is 6.18 Å². The highest BCUT2D eigenvalue weighted by Crippen LogP contribution is 2.29. The zero-order valence-electron chi connectivity index (χ0n) is 14.0. The maximum atomic E-state index is 12.6. The van der Waals surface area contributed by atoms with Crippen molar-refractivity contribution >= 4 is 11.7 Å². The van der Waals surface area contributed by atoms with Crippen LogP contribution in [-0.4, -0.2) is 34.6 Å². The molecule has 2 aromatic rings. The van der Waals surface area contributed by atoms with Crippen LogP contribution in [0.25, 0.3) is 0 Å². The molecule has 2 aromatic heterocycles. The molecule has 1 fully saturated rings. The van der Waals surface area contributed by atoms with Gasteiger partial charge < -0.3 is 14.8 Å². The van der Waals surface area contributed by atoms with Gasteiger partial charge in [0.2, 0.25) is 0 Å². The molecule has 0 aromatic carbocycles. The van der Waals surface area contributed by atoms with Gasteiger partial charge in [-0.1, -0.05) is 0 Å². The molecule has 26 heavy (non-hydrogen) atoms. The van der Waals surface area contributed by atoms with Gasteiger partial charge in [-0.15, -0.1) is 0 Å². The van der Waals surface area contributed by atoms with Crippen molar-refractivity contribution in [3.05, 3.63) is 58.1 Å².